The molecule has 122 valence electrons. The van der Waals surface area contributed by atoms with E-state index in [1.165, 1.54) is 4.68 Å². The lowest BCUT2D eigenvalue weighted by Crippen LogP contribution is -2.34. The van der Waals surface area contributed by atoms with Gasteiger partial charge in [-0.2, -0.15) is 9.78 Å². The van der Waals surface area contributed by atoms with Gasteiger partial charge in [-0.05, 0) is 28.1 Å². The SMILES string of the molecule is Cn1nc2c(cc1=O)CN(Cc1nnnn1-c1ccccc1)CC2. The maximum atomic E-state index is 11.8. The van der Waals surface area contributed by atoms with E-state index >= 15 is 0 Å². The van der Waals surface area contributed by atoms with E-state index in [4.69, 9.17) is 0 Å². The Morgan fingerprint density at radius 3 is 2.88 bits per heavy atom. The largest absolute Gasteiger partial charge is 0.291 e. The fraction of sp³-hybridized carbons (Fsp3) is 0.312. The number of hydrogen-bond donors (Lipinski definition) is 0. The molecule has 1 aliphatic rings. The van der Waals surface area contributed by atoms with Gasteiger partial charge in [0.2, 0.25) is 0 Å². The Kier molecular flexibility index (Phi) is 3.66. The Labute approximate surface area is 138 Å². The number of fused-ring (bicyclic) bond motifs is 1. The van der Waals surface area contributed by atoms with Crippen LogP contribution in [-0.4, -0.2) is 41.4 Å². The summed E-state index contributed by atoms with van der Waals surface area (Å²) in [5.41, 5.74) is 2.84. The maximum absolute atomic E-state index is 11.8. The molecule has 2 aromatic heterocycles. The van der Waals surface area contributed by atoms with Crippen molar-refractivity contribution in [2.75, 3.05) is 6.54 Å². The van der Waals surface area contributed by atoms with Gasteiger partial charge in [-0.1, -0.05) is 18.2 Å². The van der Waals surface area contributed by atoms with Crippen molar-refractivity contribution < 1.29 is 0 Å². The highest BCUT2D eigenvalue weighted by atomic mass is 16.1. The highest BCUT2D eigenvalue weighted by molar-refractivity contribution is 5.30. The molecule has 0 bridgehead atoms. The molecule has 0 amide bonds. The van der Waals surface area contributed by atoms with E-state index in [1.807, 2.05) is 30.3 Å². The van der Waals surface area contributed by atoms with Gasteiger partial charge in [-0.3, -0.25) is 9.69 Å². The van der Waals surface area contributed by atoms with Crippen molar-refractivity contribution in [3.8, 4) is 5.69 Å². The fourth-order valence-corrected chi connectivity index (χ4v) is 2.96. The van der Waals surface area contributed by atoms with Gasteiger partial charge in [0.25, 0.3) is 5.56 Å². The van der Waals surface area contributed by atoms with Crippen molar-refractivity contribution in [3.63, 3.8) is 0 Å². The van der Waals surface area contributed by atoms with E-state index in [1.54, 1.807) is 17.8 Å². The quantitative estimate of drug-likeness (QED) is 0.690. The van der Waals surface area contributed by atoms with E-state index in [2.05, 4.69) is 25.5 Å². The molecule has 0 fully saturated rings. The van der Waals surface area contributed by atoms with Gasteiger partial charge in [-0.15, -0.1) is 5.10 Å². The lowest BCUT2D eigenvalue weighted by Gasteiger charge is -2.27. The van der Waals surface area contributed by atoms with Crippen molar-refractivity contribution in [2.24, 2.45) is 7.05 Å². The molecule has 0 spiro atoms. The Balaban J connectivity index is 1.56. The van der Waals surface area contributed by atoms with E-state index in [-0.39, 0.29) is 5.56 Å². The number of tetrazole rings is 1. The molecule has 8 heteroatoms. The summed E-state index contributed by atoms with van der Waals surface area (Å²) < 4.78 is 3.14. The summed E-state index contributed by atoms with van der Waals surface area (Å²) in [6.45, 7) is 2.16. The fourth-order valence-electron chi connectivity index (χ4n) is 2.96. The zero-order chi connectivity index (χ0) is 16.5. The number of benzene rings is 1. The van der Waals surface area contributed by atoms with Gasteiger partial charge in [-0.25, -0.2) is 4.68 Å². The Morgan fingerprint density at radius 2 is 2.04 bits per heavy atom. The first kappa shape index (κ1) is 14.7. The number of aryl methyl sites for hydroxylation is 1. The van der Waals surface area contributed by atoms with Crippen molar-refractivity contribution in [3.05, 3.63) is 63.8 Å². The van der Waals surface area contributed by atoms with Crippen LogP contribution >= 0.6 is 0 Å². The van der Waals surface area contributed by atoms with Crippen LogP contribution < -0.4 is 5.56 Å². The first-order valence-electron chi connectivity index (χ1n) is 7.82. The first-order chi connectivity index (χ1) is 11.7. The van der Waals surface area contributed by atoms with Crippen LogP contribution in [0.15, 0.2) is 41.2 Å². The molecule has 0 atom stereocenters. The molecule has 8 nitrogen and oxygen atoms in total. The lowest BCUT2D eigenvalue weighted by atomic mass is 10.1. The molecule has 24 heavy (non-hydrogen) atoms. The molecule has 0 saturated heterocycles. The molecular weight excluding hydrogens is 306 g/mol. The predicted octanol–water partition coefficient (Wildman–Crippen LogP) is 0.314. The summed E-state index contributed by atoms with van der Waals surface area (Å²) in [6, 6.07) is 11.5. The van der Waals surface area contributed by atoms with Crippen molar-refractivity contribution in [1.82, 2.24) is 34.9 Å². The predicted molar refractivity (Wildman–Crippen MR) is 86.5 cm³/mol. The van der Waals surface area contributed by atoms with Gasteiger partial charge in [0.05, 0.1) is 17.9 Å². The minimum Gasteiger partial charge on any atom is -0.291 e. The molecule has 4 rings (SSSR count). The van der Waals surface area contributed by atoms with Crippen LogP contribution in [-0.2, 0) is 26.6 Å². The van der Waals surface area contributed by atoms with Crippen molar-refractivity contribution >= 4 is 0 Å². The van der Waals surface area contributed by atoms with Gasteiger partial charge in [0, 0.05) is 32.6 Å². The van der Waals surface area contributed by atoms with Crippen LogP contribution in [0.2, 0.25) is 0 Å². The summed E-state index contributed by atoms with van der Waals surface area (Å²) >= 11 is 0. The third-order valence-corrected chi connectivity index (χ3v) is 4.22. The first-order valence-corrected chi connectivity index (χ1v) is 7.82. The average molecular weight is 323 g/mol. The molecule has 3 heterocycles. The molecule has 0 aliphatic carbocycles. The van der Waals surface area contributed by atoms with E-state index in [9.17, 15) is 4.79 Å². The molecular formula is C16H17N7O. The van der Waals surface area contributed by atoms with Crippen molar-refractivity contribution in [1.29, 1.82) is 0 Å². The van der Waals surface area contributed by atoms with E-state index in [0.717, 1.165) is 35.7 Å². The van der Waals surface area contributed by atoms with Gasteiger partial charge < -0.3 is 0 Å². The number of rotatable bonds is 3. The third kappa shape index (κ3) is 2.71. The van der Waals surface area contributed by atoms with Crippen LogP contribution in [0.3, 0.4) is 0 Å². The molecule has 0 saturated carbocycles. The van der Waals surface area contributed by atoms with Gasteiger partial charge in [0.1, 0.15) is 0 Å². The summed E-state index contributed by atoms with van der Waals surface area (Å²) in [5, 5.41) is 16.4. The second-order valence-corrected chi connectivity index (χ2v) is 5.88. The second-order valence-electron chi connectivity index (χ2n) is 5.88. The molecule has 0 N–H and O–H groups in total. The molecule has 0 radical (unpaired) electrons. The van der Waals surface area contributed by atoms with Crippen molar-refractivity contribution in [2.45, 2.75) is 19.5 Å². The van der Waals surface area contributed by atoms with Crippen LogP contribution in [0, 0.1) is 0 Å². The topological polar surface area (TPSA) is 81.7 Å². The molecule has 1 aromatic carbocycles. The molecule has 3 aromatic rings. The number of aromatic nitrogens is 6. The van der Waals surface area contributed by atoms with E-state index in [0.29, 0.717) is 13.1 Å². The highest BCUT2D eigenvalue weighted by Crippen LogP contribution is 2.17. The maximum Gasteiger partial charge on any atom is 0.266 e. The summed E-state index contributed by atoms with van der Waals surface area (Å²) in [7, 11) is 1.68. The van der Waals surface area contributed by atoms with Crippen LogP contribution in [0.25, 0.3) is 5.69 Å². The average Bonchev–Trinajstić information content (AvgIpc) is 3.05. The number of hydrogen-bond acceptors (Lipinski definition) is 6. The number of para-hydroxylation sites is 1. The summed E-state index contributed by atoms with van der Waals surface area (Å²) in [6.07, 6.45) is 0.816. The van der Waals surface area contributed by atoms with Crippen LogP contribution in [0.5, 0.6) is 0 Å². The standard InChI is InChI=1S/C16H17N7O/c1-21-16(24)9-12-10-22(8-7-14(12)18-21)11-15-17-19-20-23(15)13-5-3-2-4-6-13/h2-6,9H,7-8,10-11H2,1H3. The molecule has 1 aliphatic heterocycles. The third-order valence-electron chi connectivity index (χ3n) is 4.22. The lowest BCUT2D eigenvalue weighted by molar-refractivity contribution is 0.233. The minimum absolute atomic E-state index is 0.0790. The molecule has 0 unspecified atom stereocenters. The van der Waals surface area contributed by atoms with Crippen LogP contribution in [0.1, 0.15) is 17.1 Å². The summed E-state index contributed by atoms with van der Waals surface area (Å²) in [4.78, 5) is 14.0. The zero-order valence-corrected chi connectivity index (χ0v) is 13.3. The van der Waals surface area contributed by atoms with Gasteiger partial charge >= 0.3 is 0 Å². The highest BCUT2D eigenvalue weighted by Gasteiger charge is 2.21. The van der Waals surface area contributed by atoms with E-state index < -0.39 is 0 Å². The number of nitrogens with zero attached hydrogens (tertiary/aromatic N) is 7. The Bertz CT molecular complexity index is 916. The van der Waals surface area contributed by atoms with Crippen LogP contribution in [0.4, 0.5) is 0 Å². The normalized spacial score (nSPS) is 14.5. The Hall–Kier alpha value is -2.87. The van der Waals surface area contributed by atoms with Gasteiger partial charge in [0.15, 0.2) is 5.82 Å². The zero-order valence-electron chi connectivity index (χ0n) is 13.3. The summed E-state index contributed by atoms with van der Waals surface area (Å²) in [5.74, 6) is 0.779. The second kappa shape index (κ2) is 5.97. The minimum atomic E-state index is -0.0790. The Morgan fingerprint density at radius 1 is 1.21 bits per heavy atom. The monoisotopic (exact) mass is 323 g/mol. The smallest absolute Gasteiger partial charge is 0.266 e.